The third kappa shape index (κ3) is 9.13. The van der Waals surface area contributed by atoms with Gasteiger partial charge in [0.2, 0.25) is 5.82 Å². The van der Waals surface area contributed by atoms with Gasteiger partial charge >= 0.3 is 5.97 Å². The summed E-state index contributed by atoms with van der Waals surface area (Å²) in [4.78, 5) is 10.2. The van der Waals surface area contributed by atoms with E-state index in [4.69, 9.17) is 9.84 Å². The highest BCUT2D eigenvalue weighted by molar-refractivity contribution is 5.72. The van der Waals surface area contributed by atoms with E-state index in [1.807, 2.05) is 34.6 Å². The van der Waals surface area contributed by atoms with Crippen LogP contribution in [0.2, 0.25) is 0 Å². The average molecular weight is 334 g/mol. The zero-order valence-corrected chi connectivity index (χ0v) is 14.7. The normalized spacial score (nSPS) is 18.3. The number of carbonyl (C=O) groups is 1. The lowest BCUT2D eigenvalue weighted by atomic mass is 10.2. The monoisotopic (exact) mass is 334 g/mol. The number of carboxylic acids is 1. The Labute approximate surface area is 137 Å². The predicted molar refractivity (Wildman–Crippen MR) is 86.8 cm³/mol. The van der Waals surface area contributed by atoms with Gasteiger partial charge in [-0.1, -0.05) is 33.8 Å². The quantitative estimate of drug-likeness (QED) is 0.854. The maximum absolute atomic E-state index is 12.5. The van der Waals surface area contributed by atoms with Crippen LogP contribution in [0.4, 0.5) is 8.78 Å². The second-order valence-corrected chi connectivity index (χ2v) is 4.11. The fourth-order valence-electron chi connectivity index (χ4n) is 1.63. The molecule has 1 N–H and O–H groups in total. The number of halogens is 2. The summed E-state index contributed by atoms with van der Waals surface area (Å²) in [5, 5.41) is 8.41. The Morgan fingerprint density at radius 1 is 1.22 bits per heavy atom. The summed E-state index contributed by atoms with van der Waals surface area (Å²) in [5.74, 6) is -2.73. The van der Waals surface area contributed by atoms with Crippen molar-refractivity contribution in [1.82, 2.24) is 0 Å². The fourth-order valence-corrected chi connectivity index (χ4v) is 1.63. The molecule has 0 spiro atoms. The summed E-state index contributed by atoms with van der Waals surface area (Å²) in [6.45, 7) is 9.89. The highest BCUT2D eigenvalue weighted by Crippen LogP contribution is 2.18. The molecule has 1 aliphatic heterocycles. The minimum atomic E-state index is -0.940. The van der Waals surface area contributed by atoms with Crippen LogP contribution in [0.5, 0.6) is 5.75 Å². The number of hydrogen-bond acceptors (Lipinski definition) is 3. The first kappa shape index (κ1) is 23.6. The van der Waals surface area contributed by atoms with Gasteiger partial charge in [-0.15, -0.1) is 0 Å². The molecular weight excluding hydrogens is 306 g/mol. The molecule has 1 heterocycles. The smallest absolute Gasteiger partial charge is 0.332 e. The molecule has 4 nitrogen and oxygen atoms in total. The fraction of sp³-hybridized carbons (Fsp3) is 0.588. The SMILES string of the molecule is CC.CC.CC1CCC(C(=O)O)O1.COc1cccc(F)c1F. The average Bonchev–Trinajstić information content (AvgIpc) is 3.01. The summed E-state index contributed by atoms with van der Waals surface area (Å²) in [6, 6.07) is 3.79. The molecule has 1 saturated heterocycles. The van der Waals surface area contributed by atoms with Crippen molar-refractivity contribution in [3.05, 3.63) is 29.8 Å². The Morgan fingerprint density at radius 2 is 1.78 bits per heavy atom. The van der Waals surface area contributed by atoms with E-state index in [1.165, 1.54) is 19.2 Å². The molecule has 134 valence electrons. The van der Waals surface area contributed by atoms with Crippen molar-refractivity contribution in [2.45, 2.75) is 59.7 Å². The van der Waals surface area contributed by atoms with E-state index in [0.29, 0.717) is 6.42 Å². The van der Waals surface area contributed by atoms with Crippen molar-refractivity contribution >= 4 is 5.97 Å². The van der Waals surface area contributed by atoms with Crippen LogP contribution in [0, 0.1) is 11.6 Å². The molecule has 0 aliphatic carbocycles. The lowest BCUT2D eigenvalue weighted by Crippen LogP contribution is -2.19. The van der Waals surface area contributed by atoms with Crippen LogP contribution in [-0.2, 0) is 9.53 Å². The Kier molecular flexibility index (Phi) is 14.3. The van der Waals surface area contributed by atoms with E-state index < -0.39 is 23.7 Å². The van der Waals surface area contributed by atoms with E-state index in [9.17, 15) is 13.6 Å². The Balaban J connectivity index is 0. The van der Waals surface area contributed by atoms with Crippen LogP contribution in [-0.4, -0.2) is 30.4 Å². The van der Waals surface area contributed by atoms with Gasteiger partial charge in [-0.2, -0.15) is 4.39 Å². The van der Waals surface area contributed by atoms with Crippen molar-refractivity contribution in [2.24, 2.45) is 0 Å². The van der Waals surface area contributed by atoms with Crippen LogP contribution in [0.1, 0.15) is 47.5 Å². The van der Waals surface area contributed by atoms with Crippen molar-refractivity contribution in [1.29, 1.82) is 0 Å². The first-order valence-electron chi connectivity index (χ1n) is 7.82. The molecular formula is C17H28F2O4. The van der Waals surface area contributed by atoms with Crippen LogP contribution in [0.25, 0.3) is 0 Å². The van der Waals surface area contributed by atoms with Gasteiger partial charge in [0.15, 0.2) is 17.7 Å². The standard InChI is InChI=1S/C7H6F2O.C6H10O3.2C2H6/c1-10-6-4-2-3-5(8)7(6)9;1-4-2-3-5(9-4)6(7)8;2*1-2/h2-4H,1H3;4-5H,2-3H2,1H3,(H,7,8);2*1-2H3. The van der Waals surface area contributed by atoms with Gasteiger partial charge in [0.1, 0.15) is 0 Å². The lowest BCUT2D eigenvalue weighted by molar-refractivity contribution is -0.149. The maximum Gasteiger partial charge on any atom is 0.332 e. The molecule has 1 aliphatic rings. The number of ether oxygens (including phenoxy) is 2. The molecule has 1 aromatic rings. The molecule has 2 atom stereocenters. The van der Waals surface area contributed by atoms with E-state index in [0.717, 1.165) is 12.5 Å². The van der Waals surface area contributed by atoms with Gasteiger partial charge in [-0.3, -0.25) is 0 Å². The van der Waals surface area contributed by atoms with Gasteiger partial charge in [0.25, 0.3) is 0 Å². The van der Waals surface area contributed by atoms with Crippen molar-refractivity contribution in [3.8, 4) is 5.75 Å². The Bertz CT molecular complexity index is 439. The zero-order chi connectivity index (χ0) is 18.4. The molecule has 0 radical (unpaired) electrons. The summed E-state index contributed by atoms with van der Waals surface area (Å²) < 4.78 is 34.3. The number of methoxy groups -OCH3 is 1. The summed E-state index contributed by atoms with van der Waals surface area (Å²) >= 11 is 0. The second kappa shape index (κ2) is 13.9. The third-order valence-corrected chi connectivity index (χ3v) is 2.64. The summed E-state index contributed by atoms with van der Waals surface area (Å²) in [7, 11) is 1.29. The number of hydrogen-bond donors (Lipinski definition) is 1. The van der Waals surface area contributed by atoms with Crippen LogP contribution in [0.3, 0.4) is 0 Å². The highest BCUT2D eigenvalue weighted by Gasteiger charge is 2.27. The zero-order valence-electron chi connectivity index (χ0n) is 14.7. The largest absolute Gasteiger partial charge is 0.494 e. The first-order chi connectivity index (χ1) is 11.0. The molecule has 2 rings (SSSR count). The molecule has 1 fully saturated rings. The number of carboxylic acid groups (broad SMARTS) is 1. The van der Waals surface area contributed by atoms with Gasteiger partial charge in [0.05, 0.1) is 13.2 Å². The summed E-state index contributed by atoms with van der Waals surface area (Å²) in [5.41, 5.74) is 0. The molecule has 6 heteroatoms. The number of aliphatic carboxylic acids is 1. The minimum Gasteiger partial charge on any atom is -0.494 e. The number of benzene rings is 1. The predicted octanol–water partition coefficient (Wildman–Crippen LogP) is 4.66. The molecule has 0 amide bonds. The molecule has 0 bridgehead atoms. The van der Waals surface area contributed by atoms with E-state index >= 15 is 0 Å². The van der Waals surface area contributed by atoms with Crippen molar-refractivity contribution in [2.75, 3.05) is 7.11 Å². The van der Waals surface area contributed by atoms with Gasteiger partial charge in [0, 0.05) is 0 Å². The highest BCUT2D eigenvalue weighted by atomic mass is 19.2. The molecule has 0 saturated carbocycles. The molecule has 2 unspecified atom stereocenters. The number of rotatable bonds is 2. The Morgan fingerprint density at radius 3 is 2.09 bits per heavy atom. The van der Waals surface area contributed by atoms with Crippen molar-refractivity contribution < 1.29 is 28.2 Å². The topological polar surface area (TPSA) is 55.8 Å². The van der Waals surface area contributed by atoms with E-state index in [-0.39, 0.29) is 11.9 Å². The second-order valence-electron chi connectivity index (χ2n) is 4.11. The molecule has 1 aromatic carbocycles. The minimum absolute atomic E-state index is 0.0694. The van der Waals surface area contributed by atoms with Gasteiger partial charge in [-0.25, -0.2) is 9.18 Å². The maximum atomic E-state index is 12.5. The van der Waals surface area contributed by atoms with Gasteiger partial charge < -0.3 is 14.6 Å². The van der Waals surface area contributed by atoms with Gasteiger partial charge in [-0.05, 0) is 31.9 Å². The molecule has 0 aromatic heterocycles. The molecule has 23 heavy (non-hydrogen) atoms. The summed E-state index contributed by atoms with van der Waals surface area (Å²) in [6.07, 6.45) is 1.12. The lowest BCUT2D eigenvalue weighted by Gasteiger charge is -2.03. The van der Waals surface area contributed by atoms with Crippen LogP contribution >= 0.6 is 0 Å². The van der Waals surface area contributed by atoms with Crippen LogP contribution < -0.4 is 4.74 Å². The first-order valence-corrected chi connectivity index (χ1v) is 7.82. The van der Waals surface area contributed by atoms with E-state index in [1.54, 1.807) is 0 Å². The van der Waals surface area contributed by atoms with Crippen molar-refractivity contribution in [3.63, 3.8) is 0 Å². The van der Waals surface area contributed by atoms with Crippen LogP contribution in [0.15, 0.2) is 18.2 Å². The van der Waals surface area contributed by atoms with E-state index in [2.05, 4.69) is 4.74 Å². The Hall–Kier alpha value is -1.69. The third-order valence-electron chi connectivity index (χ3n) is 2.64.